The molecule has 3 aromatic rings. The zero-order valence-electron chi connectivity index (χ0n) is 17.8. The number of carbonyl (C=O) groups excluding carboxylic acids is 3. The molecular formula is C26H25NO5. The van der Waals surface area contributed by atoms with Gasteiger partial charge in [0.1, 0.15) is 18.4 Å². The van der Waals surface area contributed by atoms with Crippen LogP contribution in [0.5, 0.6) is 5.75 Å². The van der Waals surface area contributed by atoms with Gasteiger partial charge in [0.2, 0.25) is 0 Å². The minimum Gasteiger partial charge on any atom is -0.445 e. The molecule has 3 aromatic carbocycles. The fraction of sp³-hybridized carbons (Fsp3) is 0.192. The summed E-state index contributed by atoms with van der Waals surface area (Å²) in [5.74, 6) is -0.432. The second-order valence-electron chi connectivity index (χ2n) is 7.32. The lowest BCUT2D eigenvalue weighted by Gasteiger charge is -2.17. The Hall–Kier alpha value is -3.93. The number of amides is 1. The molecule has 0 radical (unpaired) electrons. The lowest BCUT2D eigenvalue weighted by Crippen LogP contribution is -2.43. The number of hydrogen-bond acceptors (Lipinski definition) is 5. The van der Waals surface area contributed by atoms with Gasteiger partial charge in [-0.2, -0.15) is 0 Å². The Morgan fingerprint density at radius 1 is 0.844 bits per heavy atom. The third kappa shape index (κ3) is 7.09. The second kappa shape index (κ2) is 11.5. The maximum atomic E-state index is 12.7. The van der Waals surface area contributed by atoms with Crippen LogP contribution in [0.2, 0.25) is 0 Å². The van der Waals surface area contributed by atoms with Gasteiger partial charge in [-0.15, -0.1) is 0 Å². The number of carbonyl (C=O) groups is 3. The van der Waals surface area contributed by atoms with E-state index in [1.165, 1.54) is 0 Å². The lowest BCUT2D eigenvalue weighted by atomic mass is 10.0. The van der Waals surface area contributed by atoms with Crippen LogP contribution >= 0.6 is 0 Å². The molecule has 0 saturated carbocycles. The smallest absolute Gasteiger partial charge is 0.408 e. The molecule has 0 fully saturated rings. The number of hydrogen-bond donors (Lipinski definition) is 1. The van der Waals surface area contributed by atoms with E-state index < -0.39 is 18.1 Å². The van der Waals surface area contributed by atoms with Crippen LogP contribution in [0.15, 0.2) is 84.9 Å². The quantitative estimate of drug-likeness (QED) is 0.297. The van der Waals surface area contributed by atoms with E-state index in [2.05, 4.69) is 5.32 Å². The highest BCUT2D eigenvalue weighted by Gasteiger charge is 2.25. The van der Waals surface area contributed by atoms with Crippen molar-refractivity contribution in [3.05, 3.63) is 102 Å². The number of para-hydroxylation sites is 1. The van der Waals surface area contributed by atoms with Crippen molar-refractivity contribution in [2.45, 2.75) is 32.4 Å². The molecule has 0 bridgehead atoms. The topological polar surface area (TPSA) is 81.7 Å². The highest BCUT2D eigenvalue weighted by Crippen LogP contribution is 2.13. The van der Waals surface area contributed by atoms with E-state index in [0.717, 1.165) is 11.1 Å². The Balaban J connectivity index is 1.62. The molecule has 0 aliphatic rings. The maximum Gasteiger partial charge on any atom is 0.408 e. The van der Waals surface area contributed by atoms with Crippen molar-refractivity contribution in [1.82, 2.24) is 5.32 Å². The first-order chi connectivity index (χ1) is 15.5. The Kier molecular flexibility index (Phi) is 8.15. The van der Waals surface area contributed by atoms with E-state index in [0.29, 0.717) is 11.3 Å². The summed E-state index contributed by atoms with van der Waals surface area (Å²) in [4.78, 5) is 37.6. The van der Waals surface area contributed by atoms with Crippen LogP contribution in [0.4, 0.5) is 4.79 Å². The minimum atomic E-state index is -1.03. The predicted molar refractivity (Wildman–Crippen MR) is 120 cm³/mol. The van der Waals surface area contributed by atoms with E-state index in [1.54, 1.807) is 42.5 Å². The zero-order chi connectivity index (χ0) is 22.8. The van der Waals surface area contributed by atoms with E-state index in [9.17, 15) is 14.4 Å². The molecule has 6 heteroatoms. The summed E-state index contributed by atoms with van der Waals surface area (Å²) in [6.07, 6.45) is -0.610. The molecule has 0 aromatic heterocycles. The average Bonchev–Trinajstić information content (AvgIpc) is 2.82. The summed E-state index contributed by atoms with van der Waals surface area (Å²) in [6.45, 7) is 2.00. The van der Waals surface area contributed by atoms with Crippen LogP contribution < -0.4 is 10.1 Å². The Bertz CT molecular complexity index is 1030. The fourth-order valence-electron chi connectivity index (χ4n) is 2.99. The number of benzene rings is 3. The molecule has 0 saturated heterocycles. The van der Waals surface area contributed by atoms with Crippen molar-refractivity contribution < 1.29 is 23.9 Å². The highest BCUT2D eigenvalue weighted by molar-refractivity contribution is 5.96. The van der Waals surface area contributed by atoms with Gasteiger partial charge in [0, 0.05) is 12.0 Å². The average molecular weight is 431 g/mol. The highest BCUT2D eigenvalue weighted by atomic mass is 16.6. The third-order valence-electron chi connectivity index (χ3n) is 4.78. The number of esters is 1. The Morgan fingerprint density at radius 2 is 1.47 bits per heavy atom. The zero-order valence-corrected chi connectivity index (χ0v) is 17.8. The monoisotopic (exact) mass is 431 g/mol. The first-order valence-corrected chi connectivity index (χ1v) is 10.3. The lowest BCUT2D eigenvalue weighted by molar-refractivity contribution is -0.136. The molecule has 6 nitrogen and oxygen atoms in total. The van der Waals surface area contributed by atoms with E-state index in [1.807, 2.05) is 49.4 Å². The molecule has 1 N–H and O–H groups in total. The van der Waals surface area contributed by atoms with Gasteiger partial charge in [-0.1, -0.05) is 78.4 Å². The van der Waals surface area contributed by atoms with Crippen LogP contribution in [0, 0.1) is 6.92 Å². The molecule has 1 unspecified atom stereocenters. The number of ether oxygens (including phenoxy) is 2. The molecule has 0 spiro atoms. The number of ketones is 1. The van der Waals surface area contributed by atoms with E-state index >= 15 is 0 Å². The summed E-state index contributed by atoms with van der Waals surface area (Å²) in [5, 5.41) is 2.54. The van der Waals surface area contributed by atoms with Gasteiger partial charge in [-0.3, -0.25) is 4.79 Å². The molecule has 164 valence electrons. The molecule has 1 amide bonds. The van der Waals surface area contributed by atoms with Gasteiger partial charge in [-0.05, 0) is 31.0 Å². The van der Waals surface area contributed by atoms with Crippen LogP contribution in [0.25, 0.3) is 0 Å². The van der Waals surface area contributed by atoms with Gasteiger partial charge in [-0.25, -0.2) is 9.59 Å². The van der Waals surface area contributed by atoms with E-state index in [4.69, 9.17) is 9.47 Å². The van der Waals surface area contributed by atoms with Crippen LogP contribution in [-0.4, -0.2) is 23.9 Å². The normalized spacial score (nSPS) is 11.3. The first kappa shape index (κ1) is 22.7. The van der Waals surface area contributed by atoms with E-state index in [-0.39, 0.29) is 25.2 Å². The largest absolute Gasteiger partial charge is 0.445 e. The molecule has 0 heterocycles. The molecular weight excluding hydrogens is 406 g/mol. The van der Waals surface area contributed by atoms with Crippen LogP contribution in [0.3, 0.4) is 0 Å². The molecule has 0 aliphatic heterocycles. The first-order valence-electron chi connectivity index (χ1n) is 10.3. The van der Waals surface area contributed by atoms with Crippen LogP contribution in [-0.2, 0) is 16.1 Å². The van der Waals surface area contributed by atoms with Crippen molar-refractivity contribution in [2.75, 3.05) is 0 Å². The van der Waals surface area contributed by atoms with Gasteiger partial charge in [0.05, 0.1) is 0 Å². The number of Topliss-reactive ketones (excluding diaryl/α,β-unsaturated/α-hetero) is 1. The molecule has 0 aliphatic carbocycles. The number of nitrogens with one attached hydrogen (secondary N) is 1. The van der Waals surface area contributed by atoms with Gasteiger partial charge >= 0.3 is 12.1 Å². The van der Waals surface area contributed by atoms with Crippen molar-refractivity contribution in [2.24, 2.45) is 0 Å². The van der Waals surface area contributed by atoms with Crippen LogP contribution in [0.1, 0.15) is 34.3 Å². The minimum absolute atomic E-state index is 0.0649. The van der Waals surface area contributed by atoms with Crippen molar-refractivity contribution in [1.29, 1.82) is 0 Å². The summed E-state index contributed by atoms with van der Waals surface area (Å²) in [5.41, 5.74) is 2.42. The SMILES string of the molecule is Cc1ccc(C(=O)CCC(NC(=O)OCc2ccccc2)C(=O)Oc2ccccc2)cc1. The van der Waals surface area contributed by atoms with Crippen molar-refractivity contribution >= 4 is 17.8 Å². The maximum absolute atomic E-state index is 12.7. The standard InChI is InChI=1S/C26H25NO5/c1-19-12-14-21(15-13-19)24(28)17-16-23(25(29)32-22-10-6-3-7-11-22)27-26(30)31-18-20-8-4-2-5-9-20/h2-15,23H,16-18H2,1H3,(H,27,30). The third-order valence-corrected chi connectivity index (χ3v) is 4.78. The van der Waals surface area contributed by atoms with Crippen molar-refractivity contribution in [3.8, 4) is 5.75 Å². The summed E-state index contributed by atoms with van der Waals surface area (Å²) in [7, 11) is 0. The predicted octanol–water partition coefficient (Wildman–Crippen LogP) is 4.86. The number of rotatable bonds is 9. The van der Waals surface area contributed by atoms with Gasteiger partial charge in [0.15, 0.2) is 5.78 Å². The molecule has 3 rings (SSSR count). The summed E-state index contributed by atoms with van der Waals surface area (Å²) < 4.78 is 10.6. The summed E-state index contributed by atoms with van der Waals surface area (Å²) in [6, 6.07) is 23.9. The second-order valence-corrected chi connectivity index (χ2v) is 7.32. The summed E-state index contributed by atoms with van der Waals surface area (Å²) >= 11 is 0. The Labute approximate surface area is 187 Å². The van der Waals surface area contributed by atoms with Gasteiger partial charge in [0.25, 0.3) is 0 Å². The number of aryl methyl sites for hydroxylation is 1. The molecule has 1 atom stereocenters. The molecule has 32 heavy (non-hydrogen) atoms. The van der Waals surface area contributed by atoms with Gasteiger partial charge < -0.3 is 14.8 Å². The fourth-order valence-corrected chi connectivity index (χ4v) is 2.99. The van der Waals surface area contributed by atoms with Crippen molar-refractivity contribution in [3.63, 3.8) is 0 Å². The Morgan fingerprint density at radius 3 is 2.12 bits per heavy atom. The number of alkyl carbamates (subject to hydrolysis) is 1.